The molecule has 2 bridgehead atoms. The Balaban J connectivity index is 1.40. The fourth-order valence-electron chi connectivity index (χ4n) is 5.27. The number of nitrogens with zero attached hydrogens (tertiary/aromatic N) is 1. The van der Waals surface area contributed by atoms with Gasteiger partial charge in [-0.3, -0.25) is 9.63 Å². The van der Waals surface area contributed by atoms with E-state index >= 15 is 0 Å². The zero-order valence-electron chi connectivity index (χ0n) is 19.3. The van der Waals surface area contributed by atoms with Crippen molar-refractivity contribution in [1.82, 2.24) is 5.06 Å². The van der Waals surface area contributed by atoms with Gasteiger partial charge in [-0.25, -0.2) is 0 Å². The van der Waals surface area contributed by atoms with Crippen LogP contribution in [0.1, 0.15) is 52.5 Å². The number of esters is 1. The van der Waals surface area contributed by atoms with Gasteiger partial charge in [0.1, 0.15) is 6.04 Å². The lowest BCUT2D eigenvalue weighted by Gasteiger charge is -2.38. The van der Waals surface area contributed by atoms with Gasteiger partial charge in [-0.1, -0.05) is 51.1 Å². The largest absolute Gasteiger partial charge is 0.465 e. The van der Waals surface area contributed by atoms with Crippen molar-refractivity contribution < 1.29 is 23.8 Å². The number of ether oxygens (including phenoxy) is 3. The average Bonchev–Trinajstić information content (AvgIpc) is 3.28. The Morgan fingerprint density at radius 2 is 1.84 bits per heavy atom. The van der Waals surface area contributed by atoms with E-state index in [1.165, 1.54) is 5.56 Å². The molecule has 0 N–H and O–H groups in total. The Kier molecular flexibility index (Phi) is 7.01. The first kappa shape index (κ1) is 22.7. The second kappa shape index (κ2) is 9.57. The first-order valence-corrected chi connectivity index (χ1v) is 11.8. The Labute approximate surface area is 186 Å². The van der Waals surface area contributed by atoms with E-state index in [4.69, 9.17) is 19.0 Å². The number of aryl methyl sites for hydroxylation is 1. The minimum absolute atomic E-state index is 0.0512. The standard InChI is InChI=1S/C25H37NO5/c1-5-28-24(27)22-19(12-11-18-9-7-6-8-10-18)23-17(2)20(26(22)31-23)13-14-21-29-15-25(3,4)16-30-21/h6-10,17,19-23H,5,11-16H2,1-4H3/t17-,19-,20-,22+,23+/m1/s1. The predicted molar refractivity (Wildman–Crippen MR) is 117 cm³/mol. The summed E-state index contributed by atoms with van der Waals surface area (Å²) < 4.78 is 17.3. The predicted octanol–water partition coefficient (Wildman–Crippen LogP) is 3.98. The van der Waals surface area contributed by atoms with Crippen molar-refractivity contribution in [3.8, 4) is 0 Å². The summed E-state index contributed by atoms with van der Waals surface area (Å²) in [5, 5.41) is 1.95. The molecule has 1 aromatic rings. The summed E-state index contributed by atoms with van der Waals surface area (Å²) >= 11 is 0. The number of rotatable bonds is 8. The highest BCUT2D eigenvalue weighted by atomic mass is 16.7. The van der Waals surface area contributed by atoms with Gasteiger partial charge in [-0.2, -0.15) is 5.06 Å². The maximum atomic E-state index is 12.9. The van der Waals surface area contributed by atoms with E-state index in [9.17, 15) is 4.79 Å². The van der Waals surface area contributed by atoms with Crippen LogP contribution in [-0.4, -0.2) is 55.3 Å². The molecule has 6 nitrogen and oxygen atoms in total. The molecule has 0 aliphatic carbocycles. The number of piperidine rings is 1. The van der Waals surface area contributed by atoms with Crippen LogP contribution in [0.5, 0.6) is 0 Å². The normalized spacial score (nSPS) is 34.7. The highest BCUT2D eigenvalue weighted by Crippen LogP contribution is 2.47. The zero-order valence-corrected chi connectivity index (χ0v) is 19.3. The van der Waals surface area contributed by atoms with Gasteiger partial charge in [0.15, 0.2) is 6.29 Å². The summed E-state index contributed by atoms with van der Waals surface area (Å²) in [6.07, 6.45) is 3.42. The molecule has 1 unspecified atom stereocenters. The molecule has 1 aromatic carbocycles. The number of carbonyl (C=O) groups is 1. The second-order valence-electron chi connectivity index (χ2n) is 10.0. The topological polar surface area (TPSA) is 57.2 Å². The quantitative estimate of drug-likeness (QED) is 0.581. The van der Waals surface area contributed by atoms with Gasteiger partial charge in [0.05, 0.1) is 25.9 Å². The van der Waals surface area contributed by atoms with E-state index in [1.54, 1.807) is 0 Å². The van der Waals surface area contributed by atoms with E-state index in [0.29, 0.717) is 25.7 Å². The molecule has 0 radical (unpaired) electrons. The van der Waals surface area contributed by atoms with Crippen LogP contribution in [0.2, 0.25) is 0 Å². The molecule has 4 rings (SSSR count). The number of hydroxylamine groups is 2. The molecule has 3 saturated heterocycles. The van der Waals surface area contributed by atoms with Gasteiger partial charge in [0, 0.05) is 23.3 Å². The Bertz CT molecular complexity index is 729. The van der Waals surface area contributed by atoms with Crippen LogP contribution in [0.25, 0.3) is 0 Å². The number of hydrogen-bond donors (Lipinski definition) is 0. The monoisotopic (exact) mass is 431 g/mol. The first-order chi connectivity index (χ1) is 14.9. The lowest BCUT2D eigenvalue weighted by molar-refractivity contribution is -0.227. The van der Waals surface area contributed by atoms with E-state index in [0.717, 1.165) is 25.7 Å². The molecule has 6 atom stereocenters. The van der Waals surface area contributed by atoms with Crippen molar-refractivity contribution in [1.29, 1.82) is 0 Å². The molecule has 0 spiro atoms. The SMILES string of the molecule is CCOC(=O)[C@@H]1[C@@H](CCc2ccccc2)[C@H]2ON1[C@H](CCC1OCC(C)(C)CO1)[C@H]2C. The number of benzene rings is 1. The third-order valence-electron chi connectivity index (χ3n) is 6.95. The van der Waals surface area contributed by atoms with E-state index in [1.807, 2.05) is 18.1 Å². The van der Waals surface area contributed by atoms with Gasteiger partial charge >= 0.3 is 5.97 Å². The molecule has 6 heteroatoms. The first-order valence-electron chi connectivity index (χ1n) is 11.8. The van der Waals surface area contributed by atoms with E-state index in [2.05, 4.69) is 45.0 Å². The zero-order chi connectivity index (χ0) is 22.0. The number of carbonyl (C=O) groups excluding carboxylic acids is 1. The third-order valence-corrected chi connectivity index (χ3v) is 6.95. The minimum Gasteiger partial charge on any atom is -0.465 e. The molecule has 3 aliphatic rings. The molecule has 0 aromatic heterocycles. The molecule has 3 aliphatic heterocycles. The minimum atomic E-state index is -0.331. The van der Waals surface area contributed by atoms with E-state index in [-0.39, 0.29) is 41.8 Å². The molecule has 172 valence electrons. The van der Waals surface area contributed by atoms with Crippen molar-refractivity contribution in [3.63, 3.8) is 0 Å². The maximum Gasteiger partial charge on any atom is 0.326 e. The summed E-state index contributed by atoms with van der Waals surface area (Å²) in [6, 6.07) is 10.3. The average molecular weight is 432 g/mol. The van der Waals surface area contributed by atoms with E-state index < -0.39 is 0 Å². The van der Waals surface area contributed by atoms with Gasteiger partial charge < -0.3 is 14.2 Å². The number of fused-ring (bicyclic) bond motifs is 2. The van der Waals surface area contributed by atoms with Crippen LogP contribution in [0.3, 0.4) is 0 Å². The van der Waals surface area contributed by atoms with Crippen LogP contribution < -0.4 is 0 Å². The highest BCUT2D eigenvalue weighted by Gasteiger charge is 2.59. The Hall–Kier alpha value is -1.47. The van der Waals surface area contributed by atoms with Crippen LogP contribution in [0, 0.1) is 17.3 Å². The molecule has 3 heterocycles. The maximum absolute atomic E-state index is 12.9. The fourth-order valence-corrected chi connectivity index (χ4v) is 5.27. The second-order valence-corrected chi connectivity index (χ2v) is 10.0. The van der Waals surface area contributed by atoms with Crippen LogP contribution in [-0.2, 0) is 30.3 Å². The smallest absolute Gasteiger partial charge is 0.326 e. The van der Waals surface area contributed by atoms with Crippen LogP contribution in [0.15, 0.2) is 30.3 Å². The summed E-state index contributed by atoms with van der Waals surface area (Å²) in [5.41, 5.74) is 1.37. The van der Waals surface area contributed by atoms with Gasteiger partial charge in [0.2, 0.25) is 0 Å². The molecule has 31 heavy (non-hydrogen) atoms. The molecular weight excluding hydrogens is 394 g/mol. The van der Waals surface area contributed by atoms with Gasteiger partial charge in [0.25, 0.3) is 0 Å². The van der Waals surface area contributed by atoms with Crippen molar-refractivity contribution in [2.75, 3.05) is 19.8 Å². The van der Waals surface area contributed by atoms with Crippen molar-refractivity contribution in [2.45, 2.75) is 77.9 Å². The highest BCUT2D eigenvalue weighted by molar-refractivity contribution is 5.76. The molecule has 0 saturated carbocycles. The Morgan fingerprint density at radius 1 is 1.13 bits per heavy atom. The summed E-state index contributed by atoms with van der Waals surface area (Å²) in [7, 11) is 0. The van der Waals surface area contributed by atoms with Gasteiger partial charge in [-0.05, 0) is 38.2 Å². The third kappa shape index (κ3) is 4.98. The molecular formula is C25H37NO5. The summed E-state index contributed by atoms with van der Waals surface area (Å²) in [4.78, 5) is 19.2. The number of hydrogen-bond acceptors (Lipinski definition) is 6. The lowest BCUT2D eigenvalue weighted by atomic mass is 9.76. The molecule has 3 fully saturated rings. The molecule has 0 amide bonds. The van der Waals surface area contributed by atoms with Crippen LogP contribution >= 0.6 is 0 Å². The van der Waals surface area contributed by atoms with Crippen molar-refractivity contribution in [3.05, 3.63) is 35.9 Å². The Morgan fingerprint density at radius 3 is 2.52 bits per heavy atom. The summed E-state index contributed by atoms with van der Waals surface area (Å²) in [5.74, 6) is 0.340. The van der Waals surface area contributed by atoms with Crippen molar-refractivity contribution >= 4 is 5.97 Å². The van der Waals surface area contributed by atoms with Crippen LogP contribution in [0.4, 0.5) is 0 Å². The van der Waals surface area contributed by atoms with Crippen molar-refractivity contribution in [2.24, 2.45) is 17.3 Å². The summed E-state index contributed by atoms with van der Waals surface area (Å²) in [6.45, 7) is 10.2. The fraction of sp³-hybridized carbons (Fsp3) is 0.720. The van der Waals surface area contributed by atoms with Gasteiger partial charge in [-0.15, -0.1) is 0 Å². The lowest BCUT2D eigenvalue weighted by Crippen LogP contribution is -2.52.